The van der Waals surface area contributed by atoms with Crippen molar-refractivity contribution in [3.05, 3.63) is 22.3 Å². The first kappa shape index (κ1) is 14.4. The van der Waals surface area contributed by atoms with Crippen LogP contribution in [0.3, 0.4) is 0 Å². The van der Waals surface area contributed by atoms with Crippen molar-refractivity contribution < 1.29 is 25.8 Å². The molecule has 1 aromatic rings. The second kappa shape index (κ2) is 4.82. The standard InChI is InChI=1S/C10H9ClF3NO3S/c11-7-5-9(18-19(16,17)10(12,13)14)15-8-4-2-1-3-6(7)8/h5H,1-4H2. The highest BCUT2D eigenvalue weighted by atomic mass is 35.5. The summed E-state index contributed by atoms with van der Waals surface area (Å²) in [4.78, 5) is 3.79. The fourth-order valence-corrected chi connectivity index (χ4v) is 2.53. The maximum atomic E-state index is 12.2. The average molecular weight is 316 g/mol. The lowest BCUT2D eigenvalue weighted by atomic mass is 9.96. The second-order valence-electron chi connectivity index (χ2n) is 4.06. The van der Waals surface area contributed by atoms with Gasteiger partial charge in [-0.05, 0) is 31.2 Å². The summed E-state index contributed by atoms with van der Waals surface area (Å²) in [6.07, 6.45) is 2.95. The Labute approximate surface area is 112 Å². The predicted octanol–water partition coefficient (Wildman–Crippen LogP) is 2.84. The molecule has 1 aromatic heterocycles. The van der Waals surface area contributed by atoms with Crippen LogP contribution in [0.1, 0.15) is 24.1 Å². The van der Waals surface area contributed by atoms with Gasteiger partial charge in [0, 0.05) is 11.8 Å². The van der Waals surface area contributed by atoms with Crippen molar-refractivity contribution in [3.8, 4) is 5.88 Å². The van der Waals surface area contributed by atoms with Gasteiger partial charge in [-0.1, -0.05) is 11.6 Å². The molecule has 0 saturated heterocycles. The monoisotopic (exact) mass is 315 g/mol. The highest BCUT2D eigenvalue weighted by Gasteiger charge is 2.49. The van der Waals surface area contributed by atoms with E-state index in [0.717, 1.165) is 24.5 Å². The number of hydrogen-bond donors (Lipinski definition) is 0. The quantitative estimate of drug-likeness (QED) is 0.622. The minimum Gasteiger partial charge on any atom is -0.355 e. The van der Waals surface area contributed by atoms with E-state index >= 15 is 0 Å². The van der Waals surface area contributed by atoms with E-state index < -0.39 is 21.5 Å². The van der Waals surface area contributed by atoms with Gasteiger partial charge in [-0.3, -0.25) is 0 Å². The molecule has 0 aliphatic heterocycles. The summed E-state index contributed by atoms with van der Waals surface area (Å²) < 4.78 is 62.3. The van der Waals surface area contributed by atoms with E-state index in [1.165, 1.54) is 0 Å². The molecule has 0 unspecified atom stereocenters. The van der Waals surface area contributed by atoms with Crippen molar-refractivity contribution >= 4 is 21.7 Å². The van der Waals surface area contributed by atoms with Crippen molar-refractivity contribution in [3.63, 3.8) is 0 Å². The first-order valence-corrected chi connectivity index (χ1v) is 7.18. The molecular weight excluding hydrogens is 307 g/mol. The maximum absolute atomic E-state index is 12.2. The van der Waals surface area contributed by atoms with Gasteiger partial charge in [0.15, 0.2) is 0 Å². The van der Waals surface area contributed by atoms with Crippen LogP contribution in [0.25, 0.3) is 0 Å². The number of aryl methyl sites for hydroxylation is 1. The molecule has 19 heavy (non-hydrogen) atoms. The molecule has 0 aromatic carbocycles. The molecule has 0 atom stereocenters. The van der Waals surface area contributed by atoms with Crippen LogP contribution in [0.15, 0.2) is 6.07 Å². The van der Waals surface area contributed by atoms with Gasteiger partial charge in [-0.2, -0.15) is 21.6 Å². The summed E-state index contributed by atoms with van der Waals surface area (Å²) in [6.45, 7) is 0. The number of nitrogens with zero attached hydrogens (tertiary/aromatic N) is 1. The van der Waals surface area contributed by atoms with Crippen LogP contribution in [-0.2, 0) is 23.0 Å². The lowest BCUT2D eigenvalue weighted by molar-refractivity contribution is -0.0501. The number of alkyl halides is 3. The smallest absolute Gasteiger partial charge is 0.355 e. The van der Waals surface area contributed by atoms with Gasteiger partial charge in [0.25, 0.3) is 0 Å². The zero-order valence-corrected chi connectivity index (χ0v) is 11.1. The third kappa shape index (κ3) is 2.94. The fourth-order valence-electron chi connectivity index (χ4n) is 1.83. The van der Waals surface area contributed by atoms with Gasteiger partial charge in [-0.15, -0.1) is 0 Å². The predicted molar refractivity (Wildman–Crippen MR) is 61.5 cm³/mol. The van der Waals surface area contributed by atoms with E-state index in [1.807, 2.05) is 0 Å². The number of fused-ring (bicyclic) bond motifs is 1. The molecular formula is C10H9ClF3NO3S. The van der Waals surface area contributed by atoms with Gasteiger partial charge in [0.05, 0.1) is 5.02 Å². The number of rotatable bonds is 2. The number of hydrogen-bond acceptors (Lipinski definition) is 4. The Morgan fingerprint density at radius 2 is 1.89 bits per heavy atom. The average Bonchev–Trinajstić information content (AvgIpc) is 2.27. The third-order valence-electron chi connectivity index (χ3n) is 2.70. The van der Waals surface area contributed by atoms with Crippen LogP contribution < -0.4 is 4.18 Å². The van der Waals surface area contributed by atoms with Gasteiger partial charge in [-0.25, -0.2) is 4.98 Å². The van der Waals surface area contributed by atoms with Crippen LogP contribution in [-0.4, -0.2) is 18.9 Å². The summed E-state index contributed by atoms with van der Waals surface area (Å²) in [5.74, 6) is -0.650. The molecule has 0 saturated carbocycles. The number of halogens is 4. The largest absolute Gasteiger partial charge is 0.534 e. The summed E-state index contributed by atoms with van der Waals surface area (Å²) in [6, 6.07) is 0.995. The Kier molecular flexibility index (Phi) is 3.65. The molecule has 1 heterocycles. The van der Waals surface area contributed by atoms with Crippen LogP contribution in [0.5, 0.6) is 5.88 Å². The molecule has 0 fully saturated rings. The number of pyridine rings is 1. The Morgan fingerprint density at radius 1 is 1.26 bits per heavy atom. The van der Waals surface area contributed by atoms with Crippen molar-refractivity contribution in [1.82, 2.24) is 4.98 Å². The van der Waals surface area contributed by atoms with Crippen LogP contribution in [0.4, 0.5) is 13.2 Å². The van der Waals surface area contributed by atoms with Crippen LogP contribution in [0.2, 0.25) is 5.02 Å². The Balaban J connectivity index is 2.35. The Hall–Kier alpha value is -1.02. The van der Waals surface area contributed by atoms with Crippen LogP contribution >= 0.6 is 11.6 Å². The summed E-state index contributed by atoms with van der Waals surface area (Å²) in [5, 5.41) is 0.178. The molecule has 4 nitrogen and oxygen atoms in total. The lowest BCUT2D eigenvalue weighted by Gasteiger charge is -2.17. The van der Waals surface area contributed by atoms with E-state index in [4.69, 9.17) is 11.6 Å². The summed E-state index contributed by atoms with van der Waals surface area (Å²) >= 11 is 5.89. The molecule has 0 N–H and O–H groups in total. The molecule has 0 amide bonds. The normalized spacial score (nSPS) is 16.0. The Bertz CT molecular complexity index is 601. The van der Waals surface area contributed by atoms with Gasteiger partial charge >= 0.3 is 15.6 Å². The molecule has 1 aliphatic carbocycles. The second-order valence-corrected chi connectivity index (χ2v) is 6.00. The minimum absolute atomic E-state index is 0.178. The molecule has 2 rings (SSSR count). The molecule has 9 heteroatoms. The molecule has 0 bridgehead atoms. The highest BCUT2D eigenvalue weighted by molar-refractivity contribution is 7.87. The lowest BCUT2D eigenvalue weighted by Crippen LogP contribution is -2.28. The van der Waals surface area contributed by atoms with Crippen LogP contribution in [0, 0.1) is 0 Å². The van der Waals surface area contributed by atoms with E-state index in [0.29, 0.717) is 18.5 Å². The van der Waals surface area contributed by atoms with Crippen molar-refractivity contribution in [2.45, 2.75) is 31.2 Å². The fraction of sp³-hybridized carbons (Fsp3) is 0.500. The van der Waals surface area contributed by atoms with Gasteiger partial charge < -0.3 is 4.18 Å². The third-order valence-corrected chi connectivity index (χ3v) is 4.00. The summed E-state index contributed by atoms with van der Waals surface area (Å²) in [5.41, 5.74) is -4.26. The highest BCUT2D eigenvalue weighted by Crippen LogP contribution is 2.32. The molecule has 106 valence electrons. The van der Waals surface area contributed by atoms with E-state index in [2.05, 4.69) is 9.17 Å². The van der Waals surface area contributed by atoms with E-state index in [-0.39, 0.29) is 5.02 Å². The van der Waals surface area contributed by atoms with E-state index in [1.54, 1.807) is 0 Å². The zero-order valence-electron chi connectivity index (χ0n) is 9.50. The number of aromatic nitrogens is 1. The first-order chi connectivity index (χ1) is 8.71. The maximum Gasteiger partial charge on any atom is 0.534 e. The van der Waals surface area contributed by atoms with Gasteiger partial charge in [0.1, 0.15) is 0 Å². The van der Waals surface area contributed by atoms with Crippen molar-refractivity contribution in [2.24, 2.45) is 0 Å². The zero-order chi connectivity index (χ0) is 14.3. The molecule has 0 spiro atoms. The first-order valence-electron chi connectivity index (χ1n) is 5.40. The Morgan fingerprint density at radius 3 is 2.53 bits per heavy atom. The van der Waals surface area contributed by atoms with Gasteiger partial charge in [0.2, 0.25) is 5.88 Å². The van der Waals surface area contributed by atoms with Crippen molar-refractivity contribution in [1.29, 1.82) is 0 Å². The minimum atomic E-state index is -5.72. The molecule has 1 aliphatic rings. The molecule has 0 radical (unpaired) electrons. The van der Waals surface area contributed by atoms with E-state index in [9.17, 15) is 21.6 Å². The topological polar surface area (TPSA) is 56.3 Å². The summed E-state index contributed by atoms with van der Waals surface area (Å²) in [7, 11) is -5.72. The SMILES string of the molecule is O=S(=O)(Oc1cc(Cl)c2c(n1)CCCC2)C(F)(F)F. The van der Waals surface area contributed by atoms with Crippen molar-refractivity contribution in [2.75, 3.05) is 0 Å².